The van der Waals surface area contributed by atoms with E-state index in [1.165, 1.54) is 34.8 Å². The number of piperidine rings is 1. The highest BCUT2D eigenvalue weighted by atomic mass is 32.2. The molecule has 2 rings (SSSR count). The van der Waals surface area contributed by atoms with Gasteiger partial charge < -0.3 is 0 Å². The molecule has 0 amide bonds. The van der Waals surface area contributed by atoms with E-state index in [0.717, 1.165) is 0 Å². The second kappa shape index (κ2) is 7.25. The fourth-order valence-electron chi connectivity index (χ4n) is 2.54. The van der Waals surface area contributed by atoms with Crippen molar-refractivity contribution in [3.63, 3.8) is 0 Å². The van der Waals surface area contributed by atoms with E-state index in [1.807, 2.05) is 0 Å². The van der Waals surface area contributed by atoms with Crippen molar-refractivity contribution in [3.8, 4) is 0 Å². The highest BCUT2D eigenvalue weighted by molar-refractivity contribution is 7.88. The van der Waals surface area contributed by atoms with Crippen LogP contribution in [0.2, 0.25) is 0 Å². The molecule has 1 aliphatic rings. The standard InChI is InChI=1S/C14H21FN2O4S2/c1-22(18,19)17-8-6-12(7-9-17)10-16-23(20,21)11-13-2-4-14(15)5-3-13/h2-5,12,16H,6-11H2,1H3. The van der Waals surface area contributed by atoms with E-state index in [9.17, 15) is 21.2 Å². The molecular formula is C14H21FN2O4S2. The summed E-state index contributed by atoms with van der Waals surface area (Å²) in [5.41, 5.74) is 0.519. The molecular weight excluding hydrogens is 343 g/mol. The summed E-state index contributed by atoms with van der Waals surface area (Å²) in [6, 6.07) is 5.34. The second-order valence-electron chi connectivity index (χ2n) is 5.84. The highest BCUT2D eigenvalue weighted by Crippen LogP contribution is 2.18. The lowest BCUT2D eigenvalue weighted by Crippen LogP contribution is -2.41. The van der Waals surface area contributed by atoms with Gasteiger partial charge in [0.2, 0.25) is 20.0 Å². The minimum absolute atomic E-state index is 0.121. The molecule has 0 saturated carbocycles. The zero-order valence-electron chi connectivity index (χ0n) is 12.9. The Labute approximate surface area is 136 Å². The Morgan fingerprint density at radius 3 is 2.22 bits per heavy atom. The first-order valence-electron chi connectivity index (χ1n) is 7.32. The molecule has 0 aromatic heterocycles. The SMILES string of the molecule is CS(=O)(=O)N1CCC(CNS(=O)(=O)Cc2ccc(F)cc2)CC1. The van der Waals surface area contributed by atoms with Gasteiger partial charge in [-0.3, -0.25) is 0 Å². The van der Waals surface area contributed by atoms with Crippen molar-refractivity contribution in [1.29, 1.82) is 0 Å². The fourth-order valence-corrected chi connectivity index (χ4v) is 4.64. The molecule has 130 valence electrons. The van der Waals surface area contributed by atoms with Crippen LogP contribution in [0.5, 0.6) is 0 Å². The number of hydrogen-bond acceptors (Lipinski definition) is 4. The Morgan fingerprint density at radius 1 is 1.13 bits per heavy atom. The molecule has 1 aromatic carbocycles. The average Bonchev–Trinajstić information content (AvgIpc) is 2.47. The summed E-state index contributed by atoms with van der Waals surface area (Å²) in [7, 11) is -6.67. The van der Waals surface area contributed by atoms with Crippen LogP contribution in [0.3, 0.4) is 0 Å². The lowest BCUT2D eigenvalue weighted by molar-refractivity contribution is 0.275. The summed E-state index contributed by atoms with van der Waals surface area (Å²) in [5, 5.41) is 0. The van der Waals surface area contributed by atoms with Crippen LogP contribution >= 0.6 is 0 Å². The molecule has 0 aliphatic carbocycles. The van der Waals surface area contributed by atoms with Crippen LogP contribution in [0.4, 0.5) is 4.39 Å². The van der Waals surface area contributed by atoms with Gasteiger partial charge in [0, 0.05) is 19.6 Å². The molecule has 1 fully saturated rings. The Balaban J connectivity index is 1.82. The lowest BCUT2D eigenvalue weighted by atomic mass is 9.99. The summed E-state index contributed by atoms with van der Waals surface area (Å²) in [6.07, 6.45) is 2.44. The first-order chi connectivity index (χ1) is 10.7. The largest absolute Gasteiger partial charge is 0.215 e. The monoisotopic (exact) mass is 364 g/mol. The van der Waals surface area contributed by atoms with Crippen LogP contribution in [-0.4, -0.2) is 47.0 Å². The van der Waals surface area contributed by atoms with Gasteiger partial charge >= 0.3 is 0 Å². The lowest BCUT2D eigenvalue weighted by Gasteiger charge is -2.30. The molecule has 1 saturated heterocycles. The fraction of sp³-hybridized carbons (Fsp3) is 0.571. The summed E-state index contributed by atoms with van der Waals surface area (Å²) in [6.45, 7) is 1.13. The molecule has 6 nitrogen and oxygen atoms in total. The van der Waals surface area contributed by atoms with E-state index in [4.69, 9.17) is 0 Å². The Hall–Kier alpha value is -1.03. The van der Waals surface area contributed by atoms with Crippen molar-refractivity contribution >= 4 is 20.0 Å². The molecule has 1 aromatic rings. The molecule has 0 atom stereocenters. The third-order valence-corrected chi connectivity index (χ3v) is 6.53. The van der Waals surface area contributed by atoms with E-state index < -0.39 is 25.9 Å². The molecule has 1 aliphatic heterocycles. The summed E-state index contributed by atoms with van der Waals surface area (Å²) in [4.78, 5) is 0. The van der Waals surface area contributed by atoms with Gasteiger partial charge in [0.15, 0.2) is 0 Å². The van der Waals surface area contributed by atoms with Gasteiger partial charge in [-0.15, -0.1) is 0 Å². The molecule has 23 heavy (non-hydrogen) atoms. The van der Waals surface area contributed by atoms with Crippen LogP contribution in [0.15, 0.2) is 24.3 Å². The number of benzene rings is 1. The van der Waals surface area contributed by atoms with Gasteiger partial charge in [0.25, 0.3) is 0 Å². The number of nitrogens with one attached hydrogen (secondary N) is 1. The van der Waals surface area contributed by atoms with Crippen molar-refractivity contribution in [2.45, 2.75) is 18.6 Å². The number of sulfonamides is 2. The third-order valence-electron chi connectivity index (χ3n) is 3.90. The molecule has 0 unspecified atom stereocenters. The molecule has 0 spiro atoms. The average molecular weight is 364 g/mol. The quantitative estimate of drug-likeness (QED) is 0.813. The maximum Gasteiger partial charge on any atom is 0.215 e. The van der Waals surface area contributed by atoms with Gasteiger partial charge in [-0.25, -0.2) is 30.3 Å². The van der Waals surface area contributed by atoms with Gasteiger partial charge in [-0.1, -0.05) is 12.1 Å². The van der Waals surface area contributed by atoms with E-state index in [-0.39, 0.29) is 11.7 Å². The van der Waals surface area contributed by atoms with Gasteiger partial charge in [0.05, 0.1) is 12.0 Å². The van der Waals surface area contributed by atoms with Crippen LogP contribution in [-0.2, 0) is 25.8 Å². The maximum absolute atomic E-state index is 12.8. The summed E-state index contributed by atoms with van der Waals surface area (Å²) >= 11 is 0. The minimum atomic E-state index is -3.49. The minimum Gasteiger partial charge on any atom is -0.215 e. The number of nitrogens with zero attached hydrogens (tertiary/aromatic N) is 1. The van der Waals surface area contributed by atoms with Crippen molar-refractivity contribution < 1.29 is 21.2 Å². The van der Waals surface area contributed by atoms with E-state index >= 15 is 0 Å². The Morgan fingerprint density at radius 2 is 1.70 bits per heavy atom. The van der Waals surface area contributed by atoms with E-state index in [1.54, 1.807) is 0 Å². The predicted molar refractivity (Wildman–Crippen MR) is 86.2 cm³/mol. The number of halogens is 1. The van der Waals surface area contributed by atoms with Crippen LogP contribution < -0.4 is 4.72 Å². The normalized spacial score (nSPS) is 18.2. The van der Waals surface area contributed by atoms with Gasteiger partial charge in [-0.2, -0.15) is 0 Å². The van der Waals surface area contributed by atoms with Crippen LogP contribution in [0, 0.1) is 11.7 Å². The van der Waals surface area contributed by atoms with E-state index in [2.05, 4.69) is 4.72 Å². The molecule has 1 N–H and O–H groups in total. The zero-order chi connectivity index (χ0) is 17.1. The smallest absolute Gasteiger partial charge is 0.215 e. The second-order valence-corrected chi connectivity index (χ2v) is 9.63. The molecule has 0 bridgehead atoms. The zero-order valence-corrected chi connectivity index (χ0v) is 14.5. The molecule has 0 radical (unpaired) electrons. The number of rotatable bonds is 6. The maximum atomic E-state index is 12.8. The summed E-state index contributed by atoms with van der Waals surface area (Å²) < 4.78 is 63.7. The van der Waals surface area contributed by atoms with Crippen molar-refractivity contribution in [2.75, 3.05) is 25.9 Å². The van der Waals surface area contributed by atoms with Crippen molar-refractivity contribution in [1.82, 2.24) is 9.03 Å². The topological polar surface area (TPSA) is 83.6 Å². The van der Waals surface area contributed by atoms with Crippen LogP contribution in [0.1, 0.15) is 18.4 Å². The third kappa shape index (κ3) is 5.83. The summed E-state index contributed by atoms with van der Waals surface area (Å²) in [5.74, 6) is -0.483. The highest BCUT2D eigenvalue weighted by Gasteiger charge is 2.25. The van der Waals surface area contributed by atoms with E-state index in [0.29, 0.717) is 38.0 Å². The van der Waals surface area contributed by atoms with Crippen molar-refractivity contribution in [3.05, 3.63) is 35.6 Å². The van der Waals surface area contributed by atoms with Crippen LogP contribution in [0.25, 0.3) is 0 Å². The Bertz CT molecular complexity index is 725. The first kappa shape index (κ1) is 18.3. The molecule has 9 heteroatoms. The predicted octanol–water partition coefficient (Wildman–Crippen LogP) is 0.917. The first-order valence-corrected chi connectivity index (χ1v) is 10.8. The Kier molecular flexibility index (Phi) is 5.77. The molecule has 1 heterocycles. The van der Waals surface area contributed by atoms with Gasteiger partial charge in [-0.05, 0) is 36.5 Å². The van der Waals surface area contributed by atoms with Gasteiger partial charge in [0.1, 0.15) is 5.82 Å². The number of hydrogen-bond donors (Lipinski definition) is 1. The van der Waals surface area contributed by atoms with Crippen molar-refractivity contribution in [2.24, 2.45) is 5.92 Å².